The number of rotatable bonds is 6. The molecule has 0 saturated heterocycles. The molecule has 1 aromatic rings. The number of pyridine rings is 1. The minimum absolute atomic E-state index is 0.0682. The van der Waals surface area contributed by atoms with E-state index in [4.69, 9.17) is 0 Å². The van der Waals surface area contributed by atoms with Gasteiger partial charge in [0.2, 0.25) is 0 Å². The Morgan fingerprint density at radius 1 is 1.45 bits per heavy atom. The number of anilines is 1. The molecule has 0 radical (unpaired) electrons. The minimum Gasteiger partial charge on any atom is -0.369 e. The highest BCUT2D eigenvalue weighted by molar-refractivity contribution is 5.44. The van der Waals surface area contributed by atoms with Crippen LogP contribution in [0.3, 0.4) is 0 Å². The third kappa shape index (κ3) is 3.66. The summed E-state index contributed by atoms with van der Waals surface area (Å²) in [5.74, 6) is 0.702. The Hall–Kier alpha value is -1.69. The molecule has 1 heterocycles. The molecule has 1 N–H and O–H groups in total. The van der Waals surface area contributed by atoms with Gasteiger partial charge in [-0.15, -0.1) is 0 Å². The van der Waals surface area contributed by atoms with Gasteiger partial charge in [-0.25, -0.2) is 4.98 Å². The van der Waals surface area contributed by atoms with E-state index >= 15 is 0 Å². The molecule has 0 atom stereocenters. The van der Waals surface area contributed by atoms with Gasteiger partial charge in [0.05, 0.1) is 4.92 Å². The van der Waals surface area contributed by atoms with Crippen LogP contribution in [0, 0.1) is 17.0 Å². The first-order chi connectivity index (χ1) is 9.58. The number of hydrogen-bond acceptors (Lipinski definition) is 5. The third-order valence-corrected chi connectivity index (χ3v) is 3.97. The highest BCUT2D eigenvalue weighted by Gasteiger charge is 2.18. The second-order valence-electron chi connectivity index (χ2n) is 5.40. The van der Waals surface area contributed by atoms with Crippen molar-refractivity contribution >= 4 is 11.5 Å². The fourth-order valence-electron chi connectivity index (χ4n) is 2.73. The Labute approximate surface area is 119 Å². The van der Waals surface area contributed by atoms with Crippen molar-refractivity contribution in [2.45, 2.75) is 38.6 Å². The van der Waals surface area contributed by atoms with Gasteiger partial charge in [-0.2, -0.15) is 0 Å². The predicted molar refractivity (Wildman–Crippen MR) is 79.0 cm³/mol. The van der Waals surface area contributed by atoms with Crippen LogP contribution in [0.25, 0.3) is 0 Å². The lowest BCUT2D eigenvalue weighted by Crippen LogP contribution is -2.33. The van der Waals surface area contributed by atoms with Crippen LogP contribution in [0.5, 0.6) is 0 Å². The molecular weight excluding hydrogens is 256 g/mol. The molecule has 1 aliphatic carbocycles. The van der Waals surface area contributed by atoms with Crippen LogP contribution in [0.15, 0.2) is 12.1 Å². The van der Waals surface area contributed by atoms with E-state index in [0.717, 1.165) is 13.1 Å². The van der Waals surface area contributed by atoms with Crippen LogP contribution in [0.2, 0.25) is 0 Å². The van der Waals surface area contributed by atoms with E-state index in [-0.39, 0.29) is 5.69 Å². The van der Waals surface area contributed by atoms with Crippen LogP contribution in [0.1, 0.15) is 31.4 Å². The number of nitro groups is 1. The van der Waals surface area contributed by atoms with Crippen LogP contribution in [0.4, 0.5) is 11.5 Å². The average Bonchev–Trinajstić information content (AvgIpc) is 2.92. The molecule has 0 unspecified atom stereocenters. The topological polar surface area (TPSA) is 71.3 Å². The first-order valence-electron chi connectivity index (χ1n) is 7.14. The molecule has 1 aromatic heterocycles. The van der Waals surface area contributed by atoms with Crippen molar-refractivity contribution in [3.8, 4) is 0 Å². The summed E-state index contributed by atoms with van der Waals surface area (Å²) in [5, 5.41) is 14.0. The maximum absolute atomic E-state index is 10.7. The highest BCUT2D eigenvalue weighted by atomic mass is 16.6. The van der Waals surface area contributed by atoms with E-state index in [1.165, 1.54) is 31.7 Å². The maximum atomic E-state index is 10.7. The summed E-state index contributed by atoms with van der Waals surface area (Å²) >= 11 is 0. The van der Waals surface area contributed by atoms with E-state index in [1.54, 1.807) is 13.0 Å². The monoisotopic (exact) mass is 278 g/mol. The number of nitrogens with zero attached hydrogens (tertiary/aromatic N) is 3. The molecule has 1 fully saturated rings. The Morgan fingerprint density at radius 3 is 2.75 bits per heavy atom. The Kier molecular flexibility index (Phi) is 4.89. The zero-order valence-corrected chi connectivity index (χ0v) is 12.1. The highest BCUT2D eigenvalue weighted by Crippen LogP contribution is 2.22. The van der Waals surface area contributed by atoms with Gasteiger partial charge in [0, 0.05) is 25.2 Å². The normalized spacial score (nSPS) is 15.8. The molecule has 2 rings (SSSR count). The average molecular weight is 278 g/mol. The maximum Gasteiger partial charge on any atom is 0.290 e. The van der Waals surface area contributed by atoms with E-state index in [2.05, 4.69) is 22.2 Å². The molecule has 0 bridgehead atoms. The molecule has 1 aliphatic rings. The SMILES string of the molecule is Cc1nc(NCCN(C)C2CCCC2)ccc1[N+](=O)[O-]. The van der Waals surface area contributed by atoms with E-state index in [1.807, 2.05) is 0 Å². The molecule has 110 valence electrons. The molecule has 6 heteroatoms. The van der Waals surface area contributed by atoms with E-state index in [9.17, 15) is 10.1 Å². The number of aryl methyl sites for hydroxylation is 1. The number of aromatic nitrogens is 1. The van der Waals surface area contributed by atoms with Gasteiger partial charge in [0.15, 0.2) is 0 Å². The fourth-order valence-corrected chi connectivity index (χ4v) is 2.73. The lowest BCUT2D eigenvalue weighted by Gasteiger charge is -2.24. The predicted octanol–water partition coefficient (Wildman–Crippen LogP) is 2.58. The van der Waals surface area contributed by atoms with Gasteiger partial charge in [0.25, 0.3) is 5.69 Å². The number of hydrogen-bond donors (Lipinski definition) is 1. The summed E-state index contributed by atoms with van der Waals surface area (Å²) in [5.41, 5.74) is 0.516. The fraction of sp³-hybridized carbons (Fsp3) is 0.643. The van der Waals surface area contributed by atoms with E-state index < -0.39 is 4.92 Å². The van der Waals surface area contributed by atoms with Crippen molar-refractivity contribution in [2.24, 2.45) is 0 Å². The van der Waals surface area contributed by atoms with Gasteiger partial charge in [-0.05, 0) is 32.9 Å². The van der Waals surface area contributed by atoms with Crippen LogP contribution >= 0.6 is 0 Å². The largest absolute Gasteiger partial charge is 0.369 e. The second kappa shape index (κ2) is 6.65. The quantitative estimate of drug-likeness (QED) is 0.639. The Bertz CT molecular complexity index is 472. The molecular formula is C14H22N4O2. The number of likely N-dealkylation sites (N-methyl/N-ethyl adjacent to an activating group) is 1. The van der Waals surface area contributed by atoms with Gasteiger partial charge in [-0.3, -0.25) is 10.1 Å². The molecule has 6 nitrogen and oxygen atoms in total. The van der Waals surface area contributed by atoms with Gasteiger partial charge in [0.1, 0.15) is 11.5 Å². The first kappa shape index (κ1) is 14.7. The Balaban J connectivity index is 1.82. The van der Waals surface area contributed by atoms with Crippen molar-refractivity contribution in [3.05, 3.63) is 27.9 Å². The summed E-state index contributed by atoms with van der Waals surface area (Å²) in [6.45, 7) is 3.42. The lowest BCUT2D eigenvalue weighted by molar-refractivity contribution is -0.385. The summed E-state index contributed by atoms with van der Waals surface area (Å²) in [6, 6.07) is 3.88. The molecule has 0 aliphatic heterocycles. The van der Waals surface area contributed by atoms with Crippen molar-refractivity contribution < 1.29 is 4.92 Å². The summed E-state index contributed by atoms with van der Waals surface area (Å²) in [4.78, 5) is 16.9. The zero-order chi connectivity index (χ0) is 14.5. The number of nitrogens with one attached hydrogen (secondary N) is 1. The van der Waals surface area contributed by atoms with Crippen molar-refractivity contribution in [1.82, 2.24) is 9.88 Å². The van der Waals surface area contributed by atoms with Gasteiger partial charge >= 0.3 is 0 Å². The van der Waals surface area contributed by atoms with Crippen molar-refractivity contribution in [3.63, 3.8) is 0 Å². The molecule has 0 aromatic carbocycles. The zero-order valence-electron chi connectivity index (χ0n) is 12.1. The van der Waals surface area contributed by atoms with Crippen LogP contribution < -0.4 is 5.32 Å². The first-order valence-corrected chi connectivity index (χ1v) is 7.14. The Morgan fingerprint density at radius 2 is 2.15 bits per heavy atom. The molecule has 20 heavy (non-hydrogen) atoms. The van der Waals surface area contributed by atoms with Crippen LogP contribution in [-0.4, -0.2) is 41.0 Å². The summed E-state index contributed by atoms with van der Waals surface area (Å²) in [6.07, 6.45) is 5.27. The van der Waals surface area contributed by atoms with Gasteiger partial charge in [-0.1, -0.05) is 12.8 Å². The summed E-state index contributed by atoms with van der Waals surface area (Å²) in [7, 11) is 2.16. The smallest absolute Gasteiger partial charge is 0.290 e. The molecule has 1 saturated carbocycles. The third-order valence-electron chi connectivity index (χ3n) is 3.97. The van der Waals surface area contributed by atoms with Crippen molar-refractivity contribution in [1.29, 1.82) is 0 Å². The van der Waals surface area contributed by atoms with Gasteiger partial charge < -0.3 is 10.2 Å². The summed E-state index contributed by atoms with van der Waals surface area (Å²) < 4.78 is 0. The lowest BCUT2D eigenvalue weighted by atomic mass is 10.2. The second-order valence-corrected chi connectivity index (χ2v) is 5.40. The van der Waals surface area contributed by atoms with Crippen LogP contribution in [-0.2, 0) is 0 Å². The molecule has 0 amide bonds. The minimum atomic E-state index is -0.403. The van der Waals surface area contributed by atoms with E-state index in [0.29, 0.717) is 17.6 Å². The van der Waals surface area contributed by atoms with Crippen molar-refractivity contribution in [2.75, 3.05) is 25.5 Å². The standard InChI is InChI=1S/C14H22N4O2/c1-11-13(18(19)20)7-8-14(16-11)15-9-10-17(2)12-5-3-4-6-12/h7-8,12H,3-6,9-10H2,1-2H3,(H,15,16). The molecule has 0 spiro atoms.